The van der Waals surface area contributed by atoms with Crippen molar-refractivity contribution in [2.24, 2.45) is 11.7 Å². The molecule has 20 heavy (non-hydrogen) atoms. The molecule has 2 N–H and O–H groups in total. The van der Waals surface area contributed by atoms with Gasteiger partial charge in [0.2, 0.25) is 5.91 Å². The van der Waals surface area contributed by atoms with Crippen LogP contribution in [0.5, 0.6) is 0 Å². The SMILES string of the molecule is CC(CN)CC(=O)N(C)CCN(C)C1CCN(C)CC1. The van der Waals surface area contributed by atoms with Crippen molar-refractivity contribution in [1.29, 1.82) is 0 Å². The number of likely N-dealkylation sites (N-methyl/N-ethyl adjacent to an activating group) is 2. The molecule has 1 amide bonds. The normalized spacial score (nSPS) is 19.3. The molecule has 0 aromatic rings. The first-order valence-electron chi connectivity index (χ1n) is 7.76. The molecule has 0 aromatic carbocycles. The zero-order chi connectivity index (χ0) is 15.1. The zero-order valence-corrected chi connectivity index (χ0v) is 13.6. The Bertz CT molecular complexity index is 290. The lowest BCUT2D eigenvalue weighted by Crippen LogP contribution is -2.44. The van der Waals surface area contributed by atoms with Crippen LogP contribution in [0.25, 0.3) is 0 Å². The third-order valence-electron chi connectivity index (χ3n) is 4.45. The van der Waals surface area contributed by atoms with Crippen molar-refractivity contribution in [2.75, 3.05) is 53.9 Å². The van der Waals surface area contributed by atoms with Crippen LogP contribution in [-0.2, 0) is 4.79 Å². The summed E-state index contributed by atoms with van der Waals surface area (Å²) in [5.74, 6) is 0.483. The van der Waals surface area contributed by atoms with Gasteiger partial charge in [-0.2, -0.15) is 0 Å². The molecule has 1 aliphatic heterocycles. The van der Waals surface area contributed by atoms with Gasteiger partial charge in [0, 0.05) is 32.6 Å². The molecular weight excluding hydrogens is 252 g/mol. The maximum absolute atomic E-state index is 12.0. The minimum absolute atomic E-state index is 0.208. The summed E-state index contributed by atoms with van der Waals surface area (Å²) in [6.07, 6.45) is 3.02. The molecule has 1 rings (SSSR count). The van der Waals surface area contributed by atoms with Crippen LogP contribution in [0.15, 0.2) is 0 Å². The molecule has 5 nitrogen and oxygen atoms in total. The monoisotopic (exact) mass is 284 g/mol. The van der Waals surface area contributed by atoms with Crippen LogP contribution in [0.4, 0.5) is 0 Å². The lowest BCUT2D eigenvalue weighted by atomic mass is 10.0. The van der Waals surface area contributed by atoms with Gasteiger partial charge in [-0.15, -0.1) is 0 Å². The van der Waals surface area contributed by atoms with E-state index in [1.807, 2.05) is 18.9 Å². The van der Waals surface area contributed by atoms with Crippen molar-refractivity contribution in [1.82, 2.24) is 14.7 Å². The molecule has 1 heterocycles. The van der Waals surface area contributed by atoms with E-state index in [4.69, 9.17) is 5.73 Å². The van der Waals surface area contributed by atoms with E-state index < -0.39 is 0 Å². The summed E-state index contributed by atoms with van der Waals surface area (Å²) < 4.78 is 0. The van der Waals surface area contributed by atoms with Crippen LogP contribution in [0.3, 0.4) is 0 Å². The van der Waals surface area contributed by atoms with Gasteiger partial charge in [0.05, 0.1) is 0 Å². The van der Waals surface area contributed by atoms with Crippen molar-refractivity contribution in [3.8, 4) is 0 Å². The second-order valence-corrected chi connectivity index (χ2v) is 6.38. The average molecular weight is 284 g/mol. The Hall–Kier alpha value is -0.650. The van der Waals surface area contributed by atoms with Crippen LogP contribution < -0.4 is 5.73 Å². The second-order valence-electron chi connectivity index (χ2n) is 6.38. The van der Waals surface area contributed by atoms with E-state index in [1.54, 1.807) is 0 Å². The highest BCUT2D eigenvalue weighted by Crippen LogP contribution is 2.13. The number of piperidine rings is 1. The van der Waals surface area contributed by atoms with Crippen molar-refractivity contribution < 1.29 is 4.79 Å². The topological polar surface area (TPSA) is 52.8 Å². The summed E-state index contributed by atoms with van der Waals surface area (Å²) in [5.41, 5.74) is 5.57. The zero-order valence-electron chi connectivity index (χ0n) is 13.6. The highest BCUT2D eigenvalue weighted by molar-refractivity contribution is 5.76. The first-order valence-corrected chi connectivity index (χ1v) is 7.76. The number of carbonyl (C=O) groups is 1. The van der Waals surface area contributed by atoms with Crippen LogP contribution in [-0.4, -0.2) is 80.5 Å². The van der Waals surface area contributed by atoms with Gasteiger partial charge in [0.25, 0.3) is 0 Å². The van der Waals surface area contributed by atoms with Gasteiger partial charge in [-0.25, -0.2) is 0 Å². The summed E-state index contributed by atoms with van der Waals surface area (Å²) in [5, 5.41) is 0. The van der Waals surface area contributed by atoms with E-state index in [9.17, 15) is 4.79 Å². The fraction of sp³-hybridized carbons (Fsp3) is 0.933. The first kappa shape index (κ1) is 17.4. The molecule has 1 atom stereocenters. The Balaban J connectivity index is 2.25. The molecule has 0 bridgehead atoms. The Morgan fingerprint density at radius 3 is 2.45 bits per heavy atom. The van der Waals surface area contributed by atoms with Gasteiger partial charge in [-0.05, 0) is 52.5 Å². The number of hydrogen-bond donors (Lipinski definition) is 1. The van der Waals surface area contributed by atoms with E-state index in [0.29, 0.717) is 19.0 Å². The summed E-state index contributed by atoms with van der Waals surface area (Å²) in [6.45, 7) is 6.72. The van der Waals surface area contributed by atoms with Gasteiger partial charge < -0.3 is 20.4 Å². The minimum Gasteiger partial charge on any atom is -0.344 e. The molecule has 0 spiro atoms. The van der Waals surface area contributed by atoms with Gasteiger partial charge in [0.1, 0.15) is 0 Å². The Labute approximate surface area is 124 Å². The van der Waals surface area contributed by atoms with Gasteiger partial charge in [-0.3, -0.25) is 4.79 Å². The molecule has 1 saturated heterocycles. The first-order chi connectivity index (χ1) is 9.43. The molecule has 1 aliphatic rings. The van der Waals surface area contributed by atoms with E-state index in [2.05, 4.69) is 23.9 Å². The number of carbonyl (C=O) groups excluding carboxylic acids is 1. The number of amides is 1. The van der Waals surface area contributed by atoms with Crippen molar-refractivity contribution in [2.45, 2.75) is 32.2 Å². The molecule has 1 fully saturated rings. The molecule has 0 aromatic heterocycles. The van der Waals surface area contributed by atoms with Gasteiger partial charge >= 0.3 is 0 Å². The van der Waals surface area contributed by atoms with Crippen molar-refractivity contribution in [3.05, 3.63) is 0 Å². The largest absolute Gasteiger partial charge is 0.344 e. The molecule has 0 aliphatic carbocycles. The van der Waals surface area contributed by atoms with Gasteiger partial charge in [-0.1, -0.05) is 6.92 Å². The molecule has 1 unspecified atom stereocenters. The molecule has 118 valence electrons. The van der Waals surface area contributed by atoms with Gasteiger partial charge in [0.15, 0.2) is 0 Å². The predicted octanol–water partition coefficient (Wildman–Crippen LogP) is 0.456. The van der Waals surface area contributed by atoms with Crippen LogP contribution >= 0.6 is 0 Å². The average Bonchev–Trinajstić information content (AvgIpc) is 2.44. The summed E-state index contributed by atoms with van der Waals surface area (Å²) in [6, 6.07) is 0.665. The third kappa shape index (κ3) is 5.77. The van der Waals surface area contributed by atoms with Crippen LogP contribution in [0.1, 0.15) is 26.2 Å². The number of rotatable bonds is 7. The van der Waals surface area contributed by atoms with E-state index in [1.165, 1.54) is 25.9 Å². The highest BCUT2D eigenvalue weighted by atomic mass is 16.2. The standard InChI is InChI=1S/C15H32N4O/c1-13(12-16)11-15(20)19(4)10-9-18(3)14-5-7-17(2)8-6-14/h13-14H,5-12,16H2,1-4H3. The van der Waals surface area contributed by atoms with E-state index in [-0.39, 0.29) is 11.8 Å². The number of nitrogens with two attached hydrogens (primary N) is 1. The third-order valence-corrected chi connectivity index (χ3v) is 4.45. The number of nitrogens with zero attached hydrogens (tertiary/aromatic N) is 3. The van der Waals surface area contributed by atoms with Crippen molar-refractivity contribution >= 4 is 5.91 Å². The fourth-order valence-electron chi connectivity index (χ4n) is 2.59. The quantitative estimate of drug-likeness (QED) is 0.738. The lowest BCUT2D eigenvalue weighted by molar-refractivity contribution is -0.130. The summed E-state index contributed by atoms with van der Waals surface area (Å²) in [7, 11) is 6.26. The number of likely N-dealkylation sites (tertiary alicyclic amines) is 1. The molecule has 0 radical (unpaired) electrons. The predicted molar refractivity (Wildman–Crippen MR) is 83.6 cm³/mol. The Kier molecular flexibility index (Phi) is 7.48. The maximum Gasteiger partial charge on any atom is 0.222 e. The molecular formula is C15H32N4O. The Morgan fingerprint density at radius 1 is 1.30 bits per heavy atom. The number of hydrogen-bond acceptors (Lipinski definition) is 4. The van der Waals surface area contributed by atoms with E-state index >= 15 is 0 Å². The van der Waals surface area contributed by atoms with Crippen molar-refractivity contribution in [3.63, 3.8) is 0 Å². The smallest absolute Gasteiger partial charge is 0.222 e. The Morgan fingerprint density at radius 2 is 1.90 bits per heavy atom. The summed E-state index contributed by atoms with van der Waals surface area (Å²) in [4.78, 5) is 18.6. The summed E-state index contributed by atoms with van der Waals surface area (Å²) >= 11 is 0. The van der Waals surface area contributed by atoms with Crippen LogP contribution in [0.2, 0.25) is 0 Å². The second kappa shape index (κ2) is 8.60. The van der Waals surface area contributed by atoms with Crippen LogP contribution in [0, 0.1) is 5.92 Å². The van der Waals surface area contributed by atoms with E-state index in [0.717, 1.165) is 13.1 Å². The molecule has 5 heteroatoms. The lowest BCUT2D eigenvalue weighted by Gasteiger charge is -2.35. The fourth-order valence-corrected chi connectivity index (χ4v) is 2.59. The minimum atomic E-state index is 0.208. The highest BCUT2D eigenvalue weighted by Gasteiger charge is 2.21. The molecule has 0 saturated carbocycles. The maximum atomic E-state index is 12.0.